The molecule has 0 spiro atoms. The Labute approximate surface area is 121 Å². The molecule has 0 radical (unpaired) electrons. The van der Waals surface area contributed by atoms with Crippen LogP contribution < -0.4 is 16.0 Å². The number of hydrogen-bond acceptors (Lipinski definition) is 4. The molecule has 0 amide bonds. The molecule has 1 aromatic carbocycles. The van der Waals surface area contributed by atoms with Gasteiger partial charge in [-0.15, -0.1) is 0 Å². The molecule has 3 rings (SSSR count). The number of aromatic nitrogens is 2. The number of aromatic amines is 2. The van der Waals surface area contributed by atoms with Crippen LogP contribution >= 0.6 is 0 Å². The van der Waals surface area contributed by atoms with Crippen molar-refractivity contribution in [1.29, 1.82) is 0 Å². The van der Waals surface area contributed by atoms with E-state index >= 15 is 0 Å². The van der Waals surface area contributed by atoms with Gasteiger partial charge in [0.05, 0.1) is 0 Å². The van der Waals surface area contributed by atoms with Gasteiger partial charge < -0.3 is 9.72 Å². The molecule has 0 atom stereocenters. The topological polar surface area (TPSA) is 78.2 Å². The van der Waals surface area contributed by atoms with Crippen molar-refractivity contribution in [3.63, 3.8) is 0 Å². The third-order valence-electron chi connectivity index (χ3n) is 3.46. The van der Waals surface area contributed by atoms with Crippen LogP contribution in [0.3, 0.4) is 0 Å². The monoisotopic (exact) mass is 287 g/mol. The highest BCUT2D eigenvalue weighted by atomic mass is 16.5. The van der Waals surface area contributed by atoms with Crippen LogP contribution in [-0.4, -0.2) is 34.1 Å². The molecule has 1 fully saturated rings. The van der Waals surface area contributed by atoms with E-state index in [4.69, 9.17) is 4.74 Å². The van der Waals surface area contributed by atoms with Crippen molar-refractivity contribution in [2.45, 2.75) is 19.6 Å². The van der Waals surface area contributed by atoms with Crippen LogP contribution in [0.5, 0.6) is 5.75 Å². The lowest BCUT2D eigenvalue weighted by atomic mass is 10.1. The normalized spacial score (nSPS) is 15.7. The highest BCUT2D eigenvalue weighted by Crippen LogP contribution is 2.19. The summed E-state index contributed by atoms with van der Waals surface area (Å²) in [5.74, 6) is 0.870. The van der Waals surface area contributed by atoms with Gasteiger partial charge in [0.1, 0.15) is 11.9 Å². The lowest BCUT2D eigenvalue weighted by Crippen LogP contribution is -2.53. The van der Waals surface area contributed by atoms with Gasteiger partial charge in [-0.1, -0.05) is 17.7 Å². The van der Waals surface area contributed by atoms with Crippen molar-refractivity contribution >= 4 is 0 Å². The fraction of sp³-hybridized carbons (Fsp3) is 0.333. The number of hydrogen-bond donors (Lipinski definition) is 2. The number of likely N-dealkylation sites (tertiary alicyclic amines) is 1. The molecule has 1 saturated heterocycles. The lowest BCUT2D eigenvalue weighted by Gasteiger charge is -2.38. The molecule has 21 heavy (non-hydrogen) atoms. The smallest absolute Gasteiger partial charge is 0.325 e. The fourth-order valence-corrected chi connectivity index (χ4v) is 2.38. The molecule has 2 heterocycles. The summed E-state index contributed by atoms with van der Waals surface area (Å²) >= 11 is 0. The van der Waals surface area contributed by atoms with Gasteiger partial charge in [0.25, 0.3) is 5.56 Å². The Morgan fingerprint density at radius 1 is 1.19 bits per heavy atom. The summed E-state index contributed by atoms with van der Waals surface area (Å²) in [7, 11) is 0. The molecule has 1 aliphatic heterocycles. The van der Waals surface area contributed by atoms with E-state index in [1.807, 2.05) is 31.2 Å². The van der Waals surface area contributed by atoms with Gasteiger partial charge in [-0.05, 0) is 19.1 Å². The summed E-state index contributed by atoms with van der Waals surface area (Å²) in [5, 5.41) is 0. The Balaban J connectivity index is 1.52. The number of nitrogens with zero attached hydrogens (tertiary/aromatic N) is 1. The molecule has 2 N–H and O–H groups in total. The Kier molecular flexibility index (Phi) is 3.62. The van der Waals surface area contributed by atoms with E-state index in [0.717, 1.165) is 18.8 Å². The van der Waals surface area contributed by atoms with E-state index in [-0.39, 0.29) is 11.7 Å². The molecule has 110 valence electrons. The predicted molar refractivity (Wildman–Crippen MR) is 78.6 cm³/mol. The minimum atomic E-state index is -0.467. The SMILES string of the molecule is Cc1ccc(OC2CN(Cc3cc(=O)[nH]c(=O)[nH]3)C2)cc1. The quantitative estimate of drug-likeness (QED) is 0.865. The number of rotatable bonds is 4. The number of ether oxygens (including phenoxy) is 1. The van der Waals surface area contributed by atoms with Crippen molar-refractivity contribution in [1.82, 2.24) is 14.9 Å². The van der Waals surface area contributed by atoms with E-state index in [0.29, 0.717) is 12.2 Å². The minimum Gasteiger partial charge on any atom is -0.488 e. The van der Waals surface area contributed by atoms with Gasteiger partial charge >= 0.3 is 5.69 Å². The Bertz CT molecular complexity index is 699. The third-order valence-corrected chi connectivity index (χ3v) is 3.46. The third kappa shape index (κ3) is 3.41. The van der Waals surface area contributed by atoms with Crippen LogP contribution in [0.1, 0.15) is 11.3 Å². The fourth-order valence-electron chi connectivity index (χ4n) is 2.38. The molecule has 0 aliphatic carbocycles. The second-order valence-corrected chi connectivity index (χ2v) is 5.36. The maximum atomic E-state index is 11.2. The largest absolute Gasteiger partial charge is 0.488 e. The van der Waals surface area contributed by atoms with Gasteiger partial charge in [0.2, 0.25) is 0 Å². The molecule has 0 bridgehead atoms. The molecule has 0 saturated carbocycles. The van der Waals surface area contributed by atoms with E-state index in [1.165, 1.54) is 11.6 Å². The van der Waals surface area contributed by atoms with Crippen molar-refractivity contribution in [2.75, 3.05) is 13.1 Å². The van der Waals surface area contributed by atoms with Crippen LogP contribution in [0.15, 0.2) is 39.9 Å². The predicted octanol–water partition coefficient (Wildman–Crippen LogP) is 0.635. The highest BCUT2D eigenvalue weighted by Gasteiger charge is 2.28. The van der Waals surface area contributed by atoms with Crippen LogP contribution in [-0.2, 0) is 6.54 Å². The first kappa shape index (κ1) is 13.6. The van der Waals surface area contributed by atoms with Crippen LogP contribution in [0.2, 0.25) is 0 Å². The molecular weight excluding hydrogens is 270 g/mol. The molecule has 1 aromatic heterocycles. The van der Waals surface area contributed by atoms with Gasteiger partial charge in [0.15, 0.2) is 0 Å². The standard InChI is InChI=1S/C15H17N3O3/c1-10-2-4-12(5-3-10)21-13-8-18(9-13)7-11-6-14(19)17-15(20)16-11/h2-6,13H,7-9H2,1H3,(H2,16,17,19,20). The van der Waals surface area contributed by atoms with Crippen molar-refractivity contribution in [3.05, 3.63) is 62.4 Å². The zero-order valence-corrected chi connectivity index (χ0v) is 11.8. The maximum absolute atomic E-state index is 11.2. The summed E-state index contributed by atoms with van der Waals surface area (Å²) in [6.07, 6.45) is 0.154. The second kappa shape index (κ2) is 5.57. The summed E-state index contributed by atoms with van der Waals surface area (Å²) in [4.78, 5) is 29.3. The minimum absolute atomic E-state index is 0.154. The summed E-state index contributed by atoms with van der Waals surface area (Å²) < 4.78 is 5.84. The molecule has 2 aromatic rings. The first-order chi connectivity index (χ1) is 10.1. The van der Waals surface area contributed by atoms with Crippen molar-refractivity contribution in [2.24, 2.45) is 0 Å². The van der Waals surface area contributed by atoms with Gasteiger partial charge in [-0.3, -0.25) is 14.7 Å². The Morgan fingerprint density at radius 3 is 2.57 bits per heavy atom. The molecule has 0 unspecified atom stereocenters. The second-order valence-electron chi connectivity index (χ2n) is 5.36. The zero-order valence-electron chi connectivity index (χ0n) is 11.8. The van der Waals surface area contributed by atoms with E-state index < -0.39 is 5.69 Å². The van der Waals surface area contributed by atoms with E-state index in [1.54, 1.807) is 0 Å². The number of benzene rings is 1. The average Bonchev–Trinajstić information content (AvgIpc) is 2.37. The van der Waals surface area contributed by atoms with Crippen LogP contribution in [0, 0.1) is 6.92 Å². The van der Waals surface area contributed by atoms with Gasteiger partial charge in [-0.25, -0.2) is 4.79 Å². The lowest BCUT2D eigenvalue weighted by molar-refractivity contribution is 0.0137. The van der Waals surface area contributed by atoms with Crippen LogP contribution in [0.25, 0.3) is 0 Å². The first-order valence-electron chi connectivity index (χ1n) is 6.87. The highest BCUT2D eigenvalue weighted by molar-refractivity contribution is 5.26. The average molecular weight is 287 g/mol. The summed E-state index contributed by atoms with van der Waals surface area (Å²) in [6.45, 7) is 4.15. The molecule has 6 nitrogen and oxygen atoms in total. The Morgan fingerprint density at radius 2 is 1.90 bits per heavy atom. The van der Waals surface area contributed by atoms with Crippen molar-refractivity contribution in [3.8, 4) is 5.75 Å². The number of H-pyrrole nitrogens is 2. The van der Waals surface area contributed by atoms with Gasteiger partial charge in [-0.2, -0.15) is 0 Å². The molecule has 1 aliphatic rings. The molecule has 6 heteroatoms. The number of aryl methyl sites for hydroxylation is 1. The van der Waals surface area contributed by atoms with Crippen LogP contribution in [0.4, 0.5) is 0 Å². The Hall–Kier alpha value is -2.34. The van der Waals surface area contributed by atoms with E-state index in [2.05, 4.69) is 14.9 Å². The summed E-state index contributed by atoms with van der Waals surface area (Å²) in [5.41, 5.74) is 0.987. The van der Waals surface area contributed by atoms with Gasteiger partial charge in [0, 0.05) is 31.4 Å². The molecular formula is C15H17N3O3. The summed E-state index contributed by atoms with van der Waals surface area (Å²) in [6, 6.07) is 9.38. The zero-order chi connectivity index (χ0) is 14.8. The first-order valence-corrected chi connectivity index (χ1v) is 6.87. The van der Waals surface area contributed by atoms with Crippen molar-refractivity contribution < 1.29 is 4.74 Å². The van der Waals surface area contributed by atoms with E-state index in [9.17, 15) is 9.59 Å². The number of nitrogens with one attached hydrogen (secondary N) is 2. The maximum Gasteiger partial charge on any atom is 0.325 e.